The lowest BCUT2D eigenvalue weighted by Crippen LogP contribution is -2.35. The molecule has 1 atom stereocenters. The molecule has 0 amide bonds. The first-order chi connectivity index (χ1) is 9.58. The molecule has 0 spiro atoms. The summed E-state index contributed by atoms with van der Waals surface area (Å²) < 4.78 is 0. The van der Waals surface area contributed by atoms with Gasteiger partial charge in [-0.25, -0.2) is 9.97 Å². The van der Waals surface area contributed by atoms with E-state index in [9.17, 15) is 0 Å². The van der Waals surface area contributed by atoms with E-state index in [1.165, 1.54) is 11.1 Å². The van der Waals surface area contributed by atoms with Crippen molar-refractivity contribution >= 4 is 17.5 Å². The molecule has 1 aliphatic heterocycles. The van der Waals surface area contributed by atoms with Crippen molar-refractivity contribution in [2.75, 3.05) is 11.4 Å². The Morgan fingerprint density at radius 3 is 2.70 bits per heavy atom. The van der Waals surface area contributed by atoms with Gasteiger partial charge >= 0.3 is 0 Å². The van der Waals surface area contributed by atoms with Gasteiger partial charge in [0.2, 0.25) is 5.95 Å². The summed E-state index contributed by atoms with van der Waals surface area (Å²) in [5, 5.41) is 0.554. The highest BCUT2D eigenvalue weighted by Gasteiger charge is 2.26. The lowest BCUT2D eigenvalue weighted by molar-refractivity contribution is 0.607. The van der Waals surface area contributed by atoms with E-state index < -0.39 is 0 Å². The number of aryl methyl sites for hydroxylation is 1. The molecular weight excluding hydrogens is 270 g/mol. The number of aromatic nitrogens is 2. The first-order valence-electron chi connectivity index (χ1n) is 6.93. The van der Waals surface area contributed by atoms with Gasteiger partial charge in [-0.15, -0.1) is 0 Å². The molecule has 0 bridgehead atoms. The predicted octanol–water partition coefficient (Wildman–Crippen LogP) is 3.87. The molecule has 20 heavy (non-hydrogen) atoms. The molecular formula is C16H18ClN3. The molecule has 2 heterocycles. The van der Waals surface area contributed by atoms with Crippen molar-refractivity contribution in [1.82, 2.24) is 9.97 Å². The normalized spacial score (nSPS) is 18.0. The number of anilines is 1. The maximum Gasteiger partial charge on any atom is 0.227 e. The Kier molecular flexibility index (Phi) is 3.38. The van der Waals surface area contributed by atoms with E-state index >= 15 is 0 Å². The number of rotatable bonds is 1. The molecule has 0 saturated carbocycles. The van der Waals surface area contributed by atoms with Gasteiger partial charge in [-0.1, -0.05) is 35.9 Å². The Morgan fingerprint density at radius 1 is 1.20 bits per heavy atom. The Hall–Kier alpha value is -1.61. The van der Waals surface area contributed by atoms with Gasteiger partial charge in [0.1, 0.15) is 5.15 Å². The Bertz CT molecular complexity index is 631. The van der Waals surface area contributed by atoms with Crippen molar-refractivity contribution in [3.8, 4) is 0 Å². The maximum atomic E-state index is 6.21. The summed E-state index contributed by atoms with van der Waals surface area (Å²) in [6.07, 6.45) is 1.02. The van der Waals surface area contributed by atoms with E-state index in [0.717, 1.165) is 30.2 Å². The topological polar surface area (TPSA) is 29.0 Å². The van der Waals surface area contributed by atoms with Crippen LogP contribution in [-0.2, 0) is 6.42 Å². The van der Waals surface area contributed by atoms with Crippen molar-refractivity contribution in [3.63, 3.8) is 0 Å². The molecule has 3 rings (SSSR count). The number of fused-ring (bicyclic) bond motifs is 1. The van der Waals surface area contributed by atoms with Crippen LogP contribution in [0.2, 0.25) is 5.15 Å². The molecule has 1 aromatic carbocycles. The van der Waals surface area contributed by atoms with E-state index in [1.54, 1.807) is 0 Å². The van der Waals surface area contributed by atoms with Gasteiger partial charge < -0.3 is 4.90 Å². The van der Waals surface area contributed by atoms with Gasteiger partial charge in [0.25, 0.3) is 0 Å². The van der Waals surface area contributed by atoms with E-state index in [1.807, 2.05) is 13.8 Å². The van der Waals surface area contributed by atoms with Crippen LogP contribution in [-0.4, -0.2) is 16.5 Å². The molecule has 1 aromatic heterocycles. The van der Waals surface area contributed by atoms with E-state index in [4.69, 9.17) is 11.6 Å². The van der Waals surface area contributed by atoms with Crippen LogP contribution in [0.25, 0.3) is 0 Å². The largest absolute Gasteiger partial charge is 0.334 e. The summed E-state index contributed by atoms with van der Waals surface area (Å²) in [6, 6.07) is 8.86. The van der Waals surface area contributed by atoms with Gasteiger partial charge in [-0.3, -0.25) is 0 Å². The zero-order valence-corrected chi connectivity index (χ0v) is 12.8. The van der Waals surface area contributed by atoms with Crippen LogP contribution >= 0.6 is 11.6 Å². The Morgan fingerprint density at radius 2 is 1.95 bits per heavy atom. The van der Waals surface area contributed by atoms with Crippen molar-refractivity contribution < 1.29 is 0 Å². The number of nitrogens with zero attached hydrogens (tertiary/aromatic N) is 3. The average Bonchev–Trinajstić information content (AvgIpc) is 2.45. The fourth-order valence-corrected chi connectivity index (χ4v) is 2.97. The van der Waals surface area contributed by atoms with Crippen LogP contribution in [0.15, 0.2) is 24.3 Å². The molecule has 104 valence electrons. The number of halogens is 1. The molecule has 0 fully saturated rings. The van der Waals surface area contributed by atoms with E-state index in [-0.39, 0.29) is 6.04 Å². The highest BCUT2D eigenvalue weighted by Crippen LogP contribution is 2.32. The van der Waals surface area contributed by atoms with Gasteiger partial charge in [0, 0.05) is 17.8 Å². The van der Waals surface area contributed by atoms with Crippen LogP contribution in [0.5, 0.6) is 0 Å². The molecule has 1 unspecified atom stereocenters. The van der Waals surface area contributed by atoms with Gasteiger partial charge in [-0.2, -0.15) is 0 Å². The summed E-state index contributed by atoms with van der Waals surface area (Å²) in [5.74, 6) is 0.736. The lowest BCUT2D eigenvalue weighted by Gasteiger charge is -2.35. The summed E-state index contributed by atoms with van der Waals surface area (Å²) in [5.41, 5.74) is 4.69. The molecule has 0 radical (unpaired) electrons. The zero-order chi connectivity index (χ0) is 14.3. The highest BCUT2D eigenvalue weighted by atomic mass is 35.5. The van der Waals surface area contributed by atoms with Gasteiger partial charge in [0.05, 0.1) is 6.04 Å². The second-order valence-corrected chi connectivity index (χ2v) is 5.70. The van der Waals surface area contributed by atoms with Crippen molar-refractivity contribution in [2.45, 2.75) is 33.2 Å². The van der Waals surface area contributed by atoms with Crippen molar-refractivity contribution in [2.24, 2.45) is 0 Å². The van der Waals surface area contributed by atoms with Crippen LogP contribution < -0.4 is 4.90 Å². The van der Waals surface area contributed by atoms with Crippen LogP contribution in [0.1, 0.15) is 35.3 Å². The SMILES string of the molecule is Cc1nc(N2CCc3ccccc3C2C)nc(Cl)c1C. The lowest BCUT2D eigenvalue weighted by atomic mass is 9.94. The third kappa shape index (κ3) is 2.16. The van der Waals surface area contributed by atoms with Crippen LogP contribution in [0.4, 0.5) is 5.95 Å². The average molecular weight is 288 g/mol. The molecule has 0 saturated heterocycles. The Labute approximate surface area is 124 Å². The maximum absolute atomic E-state index is 6.21. The van der Waals surface area contributed by atoms with Gasteiger partial charge in [-0.05, 0) is 38.3 Å². The molecule has 0 N–H and O–H groups in total. The molecule has 2 aromatic rings. The smallest absolute Gasteiger partial charge is 0.227 e. The highest BCUT2D eigenvalue weighted by molar-refractivity contribution is 6.30. The van der Waals surface area contributed by atoms with E-state index in [0.29, 0.717) is 5.15 Å². The summed E-state index contributed by atoms with van der Waals surface area (Å²) in [6.45, 7) is 7.06. The van der Waals surface area contributed by atoms with E-state index in [2.05, 4.69) is 46.1 Å². The van der Waals surface area contributed by atoms with Crippen LogP contribution in [0.3, 0.4) is 0 Å². The van der Waals surface area contributed by atoms with Crippen molar-refractivity contribution in [1.29, 1.82) is 0 Å². The first kappa shape index (κ1) is 13.4. The molecule has 3 nitrogen and oxygen atoms in total. The molecule has 4 heteroatoms. The number of hydrogen-bond donors (Lipinski definition) is 0. The summed E-state index contributed by atoms with van der Waals surface area (Å²) in [4.78, 5) is 11.3. The fourth-order valence-electron chi connectivity index (χ4n) is 2.75. The molecule has 0 aliphatic carbocycles. The number of benzene rings is 1. The molecule has 1 aliphatic rings. The van der Waals surface area contributed by atoms with Crippen molar-refractivity contribution in [3.05, 3.63) is 51.8 Å². The zero-order valence-electron chi connectivity index (χ0n) is 12.0. The quantitative estimate of drug-likeness (QED) is 0.746. The summed E-state index contributed by atoms with van der Waals surface area (Å²) in [7, 11) is 0. The third-order valence-corrected chi connectivity index (χ3v) is 4.54. The standard InChI is InChI=1S/C16H18ClN3/c1-10-11(2)18-16(19-15(10)17)20-9-8-13-6-4-5-7-14(13)12(20)3/h4-7,12H,8-9H2,1-3H3. The third-order valence-electron chi connectivity index (χ3n) is 4.17. The fraction of sp³-hybridized carbons (Fsp3) is 0.375. The number of hydrogen-bond acceptors (Lipinski definition) is 3. The minimum Gasteiger partial charge on any atom is -0.334 e. The minimum absolute atomic E-state index is 0.276. The minimum atomic E-state index is 0.276. The van der Waals surface area contributed by atoms with Crippen LogP contribution in [0, 0.1) is 13.8 Å². The Balaban J connectivity index is 2.01. The summed E-state index contributed by atoms with van der Waals surface area (Å²) >= 11 is 6.21. The predicted molar refractivity (Wildman–Crippen MR) is 82.4 cm³/mol. The second-order valence-electron chi connectivity index (χ2n) is 5.34. The monoisotopic (exact) mass is 287 g/mol. The second kappa shape index (κ2) is 5.06. The first-order valence-corrected chi connectivity index (χ1v) is 7.31. The van der Waals surface area contributed by atoms with Gasteiger partial charge in [0.15, 0.2) is 0 Å².